The van der Waals surface area contributed by atoms with Crippen molar-refractivity contribution < 1.29 is 4.39 Å². The van der Waals surface area contributed by atoms with Crippen molar-refractivity contribution in [1.82, 2.24) is 0 Å². The molecule has 0 fully saturated rings. The van der Waals surface area contributed by atoms with Crippen LogP contribution in [0.15, 0.2) is 24.3 Å². The smallest absolute Gasteiger partial charge is 0.125 e. The number of hydrogen-bond acceptors (Lipinski definition) is 1. The zero-order valence-electron chi connectivity index (χ0n) is 6.19. The van der Waals surface area contributed by atoms with Gasteiger partial charge in [0.1, 0.15) is 5.82 Å². The normalized spacial score (nSPS) is 9.27. The lowest BCUT2D eigenvalue weighted by Crippen LogP contribution is -2.04. The SMILES string of the molecule is CC(=N)Nc1cccc(F)c1. The van der Waals surface area contributed by atoms with Crippen molar-refractivity contribution in [1.29, 1.82) is 5.41 Å². The Morgan fingerprint density at radius 3 is 2.82 bits per heavy atom. The molecule has 58 valence electrons. The van der Waals surface area contributed by atoms with Gasteiger partial charge in [-0.15, -0.1) is 0 Å². The van der Waals surface area contributed by atoms with E-state index in [-0.39, 0.29) is 5.82 Å². The van der Waals surface area contributed by atoms with Gasteiger partial charge in [0, 0.05) is 5.69 Å². The molecule has 0 aromatic heterocycles. The Morgan fingerprint density at radius 1 is 1.55 bits per heavy atom. The summed E-state index contributed by atoms with van der Waals surface area (Å²) in [6.07, 6.45) is 0. The van der Waals surface area contributed by atoms with Gasteiger partial charge in [-0.3, -0.25) is 5.41 Å². The lowest BCUT2D eigenvalue weighted by Gasteiger charge is -2.01. The molecule has 0 saturated heterocycles. The van der Waals surface area contributed by atoms with Crippen LogP contribution in [-0.2, 0) is 0 Å². The number of benzene rings is 1. The average Bonchev–Trinajstić information content (AvgIpc) is 1.85. The molecule has 2 N–H and O–H groups in total. The molecule has 0 spiro atoms. The van der Waals surface area contributed by atoms with Crippen molar-refractivity contribution in [2.45, 2.75) is 6.92 Å². The zero-order valence-corrected chi connectivity index (χ0v) is 6.19. The fourth-order valence-electron chi connectivity index (χ4n) is 0.783. The summed E-state index contributed by atoms with van der Waals surface area (Å²) in [4.78, 5) is 0. The van der Waals surface area contributed by atoms with Crippen LogP contribution in [0.4, 0.5) is 10.1 Å². The molecule has 0 bridgehead atoms. The summed E-state index contributed by atoms with van der Waals surface area (Å²) in [5.41, 5.74) is 0.609. The van der Waals surface area contributed by atoms with Gasteiger partial charge in [0.05, 0.1) is 5.84 Å². The molecule has 0 aliphatic heterocycles. The molecular weight excluding hydrogens is 143 g/mol. The van der Waals surface area contributed by atoms with Gasteiger partial charge < -0.3 is 5.32 Å². The number of rotatable bonds is 1. The van der Waals surface area contributed by atoms with Gasteiger partial charge in [0.25, 0.3) is 0 Å². The van der Waals surface area contributed by atoms with Crippen molar-refractivity contribution in [3.63, 3.8) is 0 Å². The maximum atomic E-state index is 12.5. The van der Waals surface area contributed by atoms with Crippen LogP contribution < -0.4 is 5.32 Å². The minimum absolute atomic E-state index is 0.295. The first kappa shape index (κ1) is 7.72. The van der Waals surface area contributed by atoms with Gasteiger partial charge in [0.2, 0.25) is 0 Å². The molecule has 0 heterocycles. The standard InChI is InChI=1S/C8H9FN2/c1-6(10)11-8-4-2-3-7(9)5-8/h2-5H,1H3,(H2,10,11). The Bertz CT molecular complexity index is 271. The third kappa shape index (κ3) is 2.37. The molecule has 3 heteroatoms. The summed E-state index contributed by atoms with van der Waals surface area (Å²) < 4.78 is 12.5. The van der Waals surface area contributed by atoms with Crippen molar-refractivity contribution in [2.24, 2.45) is 0 Å². The maximum absolute atomic E-state index is 12.5. The molecule has 0 atom stereocenters. The first-order chi connectivity index (χ1) is 5.18. The summed E-state index contributed by atoms with van der Waals surface area (Å²) in [6.45, 7) is 1.60. The lowest BCUT2D eigenvalue weighted by molar-refractivity contribution is 0.628. The van der Waals surface area contributed by atoms with E-state index in [0.29, 0.717) is 11.5 Å². The second-order valence-corrected chi connectivity index (χ2v) is 2.26. The van der Waals surface area contributed by atoms with Gasteiger partial charge in [0.15, 0.2) is 0 Å². The predicted octanol–water partition coefficient (Wildman–Crippen LogP) is 2.23. The number of hydrogen-bond donors (Lipinski definition) is 2. The van der Waals surface area contributed by atoms with Crippen LogP contribution in [0.2, 0.25) is 0 Å². The molecule has 2 nitrogen and oxygen atoms in total. The molecule has 1 aromatic carbocycles. The molecule has 0 aliphatic rings. The van der Waals surface area contributed by atoms with Gasteiger partial charge in [-0.05, 0) is 25.1 Å². The van der Waals surface area contributed by atoms with E-state index in [1.165, 1.54) is 12.1 Å². The Labute approximate surface area is 64.6 Å². The molecule has 0 amide bonds. The number of amidine groups is 1. The predicted molar refractivity (Wildman–Crippen MR) is 43.4 cm³/mol. The van der Waals surface area contributed by atoms with Crippen LogP contribution in [0.25, 0.3) is 0 Å². The highest BCUT2D eigenvalue weighted by atomic mass is 19.1. The summed E-state index contributed by atoms with van der Waals surface area (Å²) in [5.74, 6) is 0.00634. The highest BCUT2D eigenvalue weighted by molar-refractivity contribution is 5.90. The lowest BCUT2D eigenvalue weighted by atomic mass is 10.3. The molecule has 1 aromatic rings. The van der Waals surface area contributed by atoms with Gasteiger partial charge >= 0.3 is 0 Å². The first-order valence-electron chi connectivity index (χ1n) is 3.26. The van der Waals surface area contributed by atoms with Crippen LogP contribution >= 0.6 is 0 Å². The summed E-state index contributed by atoms with van der Waals surface area (Å²) >= 11 is 0. The van der Waals surface area contributed by atoms with E-state index in [1.54, 1.807) is 19.1 Å². The Morgan fingerprint density at radius 2 is 2.27 bits per heavy atom. The van der Waals surface area contributed by atoms with Crippen LogP contribution in [-0.4, -0.2) is 5.84 Å². The van der Waals surface area contributed by atoms with Crippen LogP contribution in [0.5, 0.6) is 0 Å². The fraction of sp³-hybridized carbons (Fsp3) is 0.125. The molecule has 0 aliphatic carbocycles. The van der Waals surface area contributed by atoms with Gasteiger partial charge in [-0.25, -0.2) is 4.39 Å². The minimum atomic E-state index is -0.295. The van der Waals surface area contributed by atoms with Crippen molar-refractivity contribution in [3.8, 4) is 0 Å². The molecule has 0 saturated carbocycles. The van der Waals surface area contributed by atoms with Crippen LogP contribution in [0.3, 0.4) is 0 Å². The summed E-state index contributed by atoms with van der Waals surface area (Å²) in [7, 11) is 0. The van der Waals surface area contributed by atoms with E-state index in [1.807, 2.05) is 0 Å². The first-order valence-corrected chi connectivity index (χ1v) is 3.26. The molecule has 0 radical (unpaired) electrons. The van der Waals surface area contributed by atoms with Crippen molar-refractivity contribution in [2.75, 3.05) is 5.32 Å². The number of halogens is 1. The Hall–Kier alpha value is -1.38. The quantitative estimate of drug-likeness (QED) is 0.469. The summed E-state index contributed by atoms with van der Waals surface area (Å²) in [5, 5.41) is 9.76. The van der Waals surface area contributed by atoms with E-state index in [2.05, 4.69) is 5.32 Å². The molecular formula is C8H9FN2. The number of nitrogens with one attached hydrogen (secondary N) is 2. The second-order valence-electron chi connectivity index (χ2n) is 2.26. The van der Waals surface area contributed by atoms with Crippen LogP contribution in [0, 0.1) is 11.2 Å². The monoisotopic (exact) mass is 152 g/mol. The van der Waals surface area contributed by atoms with E-state index in [9.17, 15) is 4.39 Å². The van der Waals surface area contributed by atoms with E-state index < -0.39 is 0 Å². The average molecular weight is 152 g/mol. The van der Waals surface area contributed by atoms with Crippen molar-refractivity contribution in [3.05, 3.63) is 30.1 Å². The highest BCUT2D eigenvalue weighted by Gasteiger charge is 1.93. The fourth-order valence-corrected chi connectivity index (χ4v) is 0.783. The maximum Gasteiger partial charge on any atom is 0.125 e. The largest absolute Gasteiger partial charge is 0.344 e. The second kappa shape index (κ2) is 3.14. The zero-order chi connectivity index (χ0) is 8.27. The topological polar surface area (TPSA) is 35.9 Å². The minimum Gasteiger partial charge on any atom is -0.344 e. The van der Waals surface area contributed by atoms with E-state index in [4.69, 9.17) is 5.41 Å². The van der Waals surface area contributed by atoms with Gasteiger partial charge in [-0.1, -0.05) is 6.07 Å². The third-order valence-corrected chi connectivity index (χ3v) is 1.16. The highest BCUT2D eigenvalue weighted by Crippen LogP contribution is 2.08. The summed E-state index contributed by atoms with van der Waals surface area (Å²) in [6, 6.07) is 6.02. The Kier molecular flexibility index (Phi) is 2.21. The van der Waals surface area contributed by atoms with Crippen LogP contribution in [0.1, 0.15) is 6.92 Å². The number of anilines is 1. The van der Waals surface area contributed by atoms with Crippen molar-refractivity contribution >= 4 is 11.5 Å². The molecule has 11 heavy (non-hydrogen) atoms. The van der Waals surface area contributed by atoms with Gasteiger partial charge in [-0.2, -0.15) is 0 Å². The molecule has 0 unspecified atom stereocenters. The van der Waals surface area contributed by atoms with E-state index in [0.717, 1.165) is 0 Å². The molecule has 1 rings (SSSR count). The van der Waals surface area contributed by atoms with E-state index >= 15 is 0 Å². The third-order valence-electron chi connectivity index (χ3n) is 1.16. The Balaban J connectivity index is 2.79.